The summed E-state index contributed by atoms with van der Waals surface area (Å²) in [5.41, 5.74) is 1.90. The zero-order valence-electron chi connectivity index (χ0n) is 15.5. The molecule has 0 fully saturated rings. The van der Waals surface area contributed by atoms with Gasteiger partial charge in [-0.05, 0) is 38.1 Å². The maximum absolute atomic E-state index is 12.5. The van der Waals surface area contributed by atoms with E-state index in [1.807, 2.05) is 38.1 Å². The van der Waals surface area contributed by atoms with Gasteiger partial charge in [-0.1, -0.05) is 29.8 Å². The number of aromatic nitrogens is 1. The van der Waals surface area contributed by atoms with Crippen molar-refractivity contribution in [3.05, 3.63) is 59.1 Å². The summed E-state index contributed by atoms with van der Waals surface area (Å²) >= 11 is 1.55. The third-order valence-electron chi connectivity index (χ3n) is 4.61. The summed E-state index contributed by atoms with van der Waals surface area (Å²) in [5, 5.41) is 0.841. The van der Waals surface area contributed by atoms with Crippen LogP contribution >= 0.6 is 11.3 Å². The summed E-state index contributed by atoms with van der Waals surface area (Å²) in [5.74, 6) is -0.413. The fourth-order valence-corrected chi connectivity index (χ4v) is 5.00. The molecule has 7 heteroatoms. The molecule has 0 aliphatic carbocycles. The molecule has 27 heavy (non-hydrogen) atoms. The highest BCUT2D eigenvalue weighted by Crippen LogP contribution is 2.29. The fourth-order valence-electron chi connectivity index (χ4n) is 2.71. The largest absolute Gasteiger partial charge is 0.337 e. The van der Waals surface area contributed by atoms with Gasteiger partial charge in [0.15, 0.2) is 9.84 Å². The van der Waals surface area contributed by atoms with Gasteiger partial charge in [-0.25, -0.2) is 13.4 Å². The molecule has 142 valence electrons. The molecule has 3 rings (SSSR count). The van der Waals surface area contributed by atoms with Crippen LogP contribution in [0.3, 0.4) is 0 Å². The molecule has 2 aromatic carbocycles. The van der Waals surface area contributed by atoms with E-state index in [0.29, 0.717) is 0 Å². The van der Waals surface area contributed by atoms with Gasteiger partial charge in [-0.15, -0.1) is 11.3 Å². The molecular formula is C20H22N2O3S2. The predicted octanol–water partition coefficient (Wildman–Crippen LogP) is 3.99. The Bertz CT molecular complexity index is 1020. The van der Waals surface area contributed by atoms with Crippen molar-refractivity contribution >= 4 is 37.3 Å². The van der Waals surface area contributed by atoms with Crippen molar-refractivity contribution < 1.29 is 13.2 Å². The van der Waals surface area contributed by atoms with E-state index in [0.717, 1.165) is 20.8 Å². The summed E-state index contributed by atoms with van der Waals surface area (Å²) < 4.78 is 26.0. The second-order valence-electron chi connectivity index (χ2n) is 6.58. The summed E-state index contributed by atoms with van der Waals surface area (Å²) in [6.07, 6.45) is -0.0536. The number of nitrogens with zero attached hydrogens (tertiary/aromatic N) is 2. The van der Waals surface area contributed by atoms with Gasteiger partial charge < -0.3 is 4.90 Å². The van der Waals surface area contributed by atoms with Gasteiger partial charge in [0.1, 0.15) is 5.01 Å². The average Bonchev–Trinajstić information content (AvgIpc) is 3.09. The first-order valence-corrected chi connectivity index (χ1v) is 11.2. The third-order valence-corrected chi connectivity index (χ3v) is 7.55. The van der Waals surface area contributed by atoms with Crippen molar-refractivity contribution in [2.24, 2.45) is 0 Å². The Morgan fingerprint density at radius 2 is 1.81 bits per heavy atom. The lowest BCUT2D eigenvalue weighted by Gasteiger charge is -2.23. The maximum atomic E-state index is 12.5. The predicted molar refractivity (Wildman–Crippen MR) is 109 cm³/mol. The van der Waals surface area contributed by atoms with E-state index in [1.54, 1.807) is 47.5 Å². The van der Waals surface area contributed by atoms with E-state index in [9.17, 15) is 13.2 Å². The number of hydrogen-bond donors (Lipinski definition) is 0. The van der Waals surface area contributed by atoms with Gasteiger partial charge in [-0.3, -0.25) is 4.79 Å². The number of thiazole rings is 1. The van der Waals surface area contributed by atoms with E-state index in [4.69, 9.17) is 0 Å². The SMILES string of the molecule is Cc1ccc(S(=O)(=O)CCC(=O)N(C)[C@H](C)c2nc3ccccc3s2)cc1. The van der Waals surface area contributed by atoms with Gasteiger partial charge in [0, 0.05) is 13.5 Å². The van der Waals surface area contributed by atoms with Crippen LogP contribution in [0.25, 0.3) is 10.2 Å². The summed E-state index contributed by atoms with van der Waals surface area (Å²) in [7, 11) is -1.78. The van der Waals surface area contributed by atoms with Crippen LogP contribution in [0.5, 0.6) is 0 Å². The minimum absolute atomic E-state index is 0.0536. The summed E-state index contributed by atoms with van der Waals surface area (Å²) in [6, 6.07) is 14.3. The van der Waals surface area contributed by atoms with E-state index < -0.39 is 9.84 Å². The maximum Gasteiger partial charge on any atom is 0.223 e. The lowest BCUT2D eigenvalue weighted by molar-refractivity contribution is -0.131. The minimum Gasteiger partial charge on any atom is -0.337 e. The molecule has 5 nitrogen and oxygen atoms in total. The van der Waals surface area contributed by atoms with Crippen LogP contribution in [0, 0.1) is 6.92 Å². The first-order valence-electron chi connectivity index (χ1n) is 8.68. The molecule has 1 aromatic heterocycles. The van der Waals surface area contributed by atoms with Crippen molar-refractivity contribution in [2.45, 2.75) is 31.2 Å². The standard InChI is InChI=1S/C20H22N2O3S2/c1-14-8-10-16(11-9-14)27(24,25)13-12-19(23)22(3)15(2)20-21-17-6-4-5-7-18(17)26-20/h4-11,15H,12-13H2,1-3H3/t15-/m1/s1. The number of hydrogen-bond acceptors (Lipinski definition) is 5. The number of rotatable bonds is 6. The molecule has 0 saturated heterocycles. The Kier molecular flexibility index (Phi) is 5.62. The van der Waals surface area contributed by atoms with Crippen LogP contribution in [-0.2, 0) is 14.6 Å². The van der Waals surface area contributed by atoms with Crippen LogP contribution in [-0.4, -0.2) is 37.0 Å². The molecule has 1 heterocycles. The van der Waals surface area contributed by atoms with Crippen LogP contribution in [0.2, 0.25) is 0 Å². The Balaban J connectivity index is 1.67. The van der Waals surface area contributed by atoms with Crippen molar-refractivity contribution in [3.8, 4) is 0 Å². The van der Waals surface area contributed by atoms with Gasteiger partial charge >= 0.3 is 0 Å². The van der Waals surface area contributed by atoms with Gasteiger partial charge in [0.25, 0.3) is 0 Å². The molecule has 0 radical (unpaired) electrons. The Morgan fingerprint density at radius 3 is 2.48 bits per heavy atom. The second kappa shape index (κ2) is 7.78. The van der Waals surface area contributed by atoms with Gasteiger partial charge in [0.05, 0.1) is 26.9 Å². The van der Waals surface area contributed by atoms with Crippen LogP contribution in [0.1, 0.15) is 30.0 Å². The smallest absolute Gasteiger partial charge is 0.223 e. The topological polar surface area (TPSA) is 67.3 Å². The fraction of sp³-hybridized carbons (Fsp3) is 0.300. The van der Waals surface area contributed by atoms with E-state index >= 15 is 0 Å². The number of fused-ring (bicyclic) bond motifs is 1. The zero-order valence-corrected chi connectivity index (χ0v) is 17.2. The third kappa shape index (κ3) is 4.36. The van der Waals surface area contributed by atoms with Crippen LogP contribution in [0.15, 0.2) is 53.4 Å². The van der Waals surface area contributed by atoms with E-state index in [2.05, 4.69) is 4.98 Å². The first-order chi connectivity index (χ1) is 12.8. The lowest BCUT2D eigenvalue weighted by Crippen LogP contribution is -2.31. The zero-order chi connectivity index (χ0) is 19.6. The molecule has 0 aliphatic rings. The highest BCUT2D eigenvalue weighted by Gasteiger charge is 2.23. The number of para-hydroxylation sites is 1. The molecule has 0 N–H and O–H groups in total. The molecule has 3 aromatic rings. The number of carbonyl (C=O) groups excluding carboxylic acids is 1. The van der Waals surface area contributed by atoms with Crippen LogP contribution < -0.4 is 0 Å². The van der Waals surface area contributed by atoms with Crippen molar-refractivity contribution in [3.63, 3.8) is 0 Å². The lowest BCUT2D eigenvalue weighted by atomic mass is 10.2. The van der Waals surface area contributed by atoms with E-state index in [-0.39, 0.29) is 29.0 Å². The molecule has 0 bridgehead atoms. The van der Waals surface area contributed by atoms with Crippen LogP contribution in [0.4, 0.5) is 0 Å². The number of benzene rings is 2. The first kappa shape index (κ1) is 19.5. The normalized spacial score (nSPS) is 12.9. The highest BCUT2D eigenvalue weighted by atomic mass is 32.2. The number of aryl methyl sites for hydroxylation is 1. The number of carbonyl (C=O) groups is 1. The molecule has 0 unspecified atom stereocenters. The number of amides is 1. The number of sulfone groups is 1. The van der Waals surface area contributed by atoms with Crippen molar-refractivity contribution in [1.82, 2.24) is 9.88 Å². The molecule has 1 amide bonds. The van der Waals surface area contributed by atoms with Crippen molar-refractivity contribution in [1.29, 1.82) is 0 Å². The minimum atomic E-state index is -3.48. The Labute approximate surface area is 163 Å². The van der Waals surface area contributed by atoms with Crippen molar-refractivity contribution in [2.75, 3.05) is 12.8 Å². The molecule has 0 spiro atoms. The Morgan fingerprint density at radius 1 is 1.15 bits per heavy atom. The Hall–Kier alpha value is -2.25. The van der Waals surface area contributed by atoms with Gasteiger partial charge in [0.2, 0.25) is 5.91 Å². The molecule has 1 atom stereocenters. The second-order valence-corrected chi connectivity index (χ2v) is 9.75. The molecular weight excluding hydrogens is 380 g/mol. The monoisotopic (exact) mass is 402 g/mol. The highest BCUT2D eigenvalue weighted by molar-refractivity contribution is 7.91. The average molecular weight is 403 g/mol. The quantitative estimate of drug-likeness (QED) is 0.625. The van der Waals surface area contributed by atoms with E-state index in [1.165, 1.54) is 0 Å². The molecule has 0 saturated carbocycles. The van der Waals surface area contributed by atoms with Gasteiger partial charge in [-0.2, -0.15) is 0 Å². The summed E-state index contributed by atoms with van der Waals surface area (Å²) in [6.45, 7) is 3.81. The molecule has 0 aliphatic heterocycles. The summed E-state index contributed by atoms with van der Waals surface area (Å²) in [4.78, 5) is 19.0.